The van der Waals surface area contributed by atoms with Crippen LogP contribution in [0, 0.1) is 6.92 Å². The fraction of sp³-hybridized carbons (Fsp3) is 0.269. The minimum Gasteiger partial charge on any atom is -0.493 e. The molecule has 0 fully saturated rings. The van der Waals surface area contributed by atoms with Crippen LogP contribution in [0.1, 0.15) is 37.5 Å². The molecule has 0 bridgehead atoms. The van der Waals surface area contributed by atoms with Gasteiger partial charge < -0.3 is 18.6 Å². The van der Waals surface area contributed by atoms with Crippen LogP contribution in [0.3, 0.4) is 0 Å². The van der Waals surface area contributed by atoms with E-state index in [-0.39, 0.29) is 5.43 Å². The summed E-state index contributed by atoms with van der Waals surface area (Å²) in [5.74, 6) is 3.57. The van der Waals surface area contributed by atoms with Gasteiger partial charge in [0.15, 0.2) is 5.43 Å². The summed E-state index contributed by atoms with van der Waals surface area (Å²) in [6.07, 6.45) is 4.62. The van der Waals surface area contributed by atoms with Crippen LogP contribution in [0.15, 0.2) is 70.1 Å². The Morgan fingerprint density at radius 2 is 1.65 bits per heavy atom. The highest BCUT2D eigenvalue weighted by molar-refractivity contribution is 5.83. The third kappa shape index (κ3) is 4.66. The van der Waals surface area contributed by atoms with Gasteiger partial charge in [0.05, 0.1) is 18.8 Å². The Morgan fingerprint density at radius 3 is 2.45 bits per heavy atom. The Kier molecular flexibility index (Phi) is 6.12. The Morgan fingerprint density at radius 1 is 0.935 bits per heavy atom. The van der Waals surface area contributed by atoms with Gasteiger partial charge in [-0.15, -0.1) is 0 Å². The molecule has 0 N–H and O–H groups in total. The Hall–Kier alpha value is -3.47. The van der Waals surface area contributed by atoms with Crippen molar-refractivity contribution in [3.8, 4) is 17.2 Å². The van der Waals surface area contributed by atoms with Crippen LogP contribution >= 0.6 is 0 Å². The SMILES string of the molecule is C=C1C=C(C)Oc2cccc(OCCCCCOc3cccc4oc(C)cc(=O)c34)c21. The van der Waals surface area contributed by atoms with E-state index in [0.29, 0.717) is 35.7 Å². The molecule has 1 aromatic heterocycles. The molecule has 0 saturated carbocycles. The van der Waals surface area contributed by atoms with Gasteiger partial charge in [0, 0.05) is 6.07 Å². The highest BCUT2D eigenvalue weighted by Crippen LogP contribution is 2.39. The summed E-state index contributed by atoms with van der Waals surface area (Å²) in [7, 11) is 0. The molecule has 1 aliphatic rings. The number of rotatable bonds is 8. The smallest absolute Gasteiger partial charge is 0.196 e. The van der Waals surface area contributed by atoms with Gasteiger partial charge in [0.2, 0.25) is 0 Å². The van der Waals surface area contributed by atoms with Gasteiger partial charge in [0.25, 0.3) is 0 Å². The van der Waals surface area contributed by atoms with Crippen LogP contribution < -0.4 is 19.6 Å². The Labute approximate surface area is 181 Å². The molecule has 0 radical (unpaired) electrons. The molecule has 3 aromatic rings. The zero-order chi connectivity index (χ0) is 21.8. The highest BCUT2D eigenvalue weighted by Gasteiger charge is 2.18. The number of unbranched alkanes of at least 4 members (excludes halogenated alkanes) is 2. The molecule has 4 rings (SSSR count). The van der Waals surface area contributed by atoms with Crippen molar-refractivity contribution in [3.05, 3.63) is 82.4 Å². The molecule has 5 nitrogen and oxygen atoms in total. The molecule has 0 amide bonds. The molecule has 0 unspecified atom stereocenters. The zero-order valence-electron chi connectivity index (χ0n) is 17.9. The average Bonchev–Trinajstić information content (AvgIpc) is 2.72. The largest absolute Gasteiger partial charge is 0.493 e. The second kappa shape index (κ2) is 9.13. The molecule has 0 atom stereocenters. The lowest BCUT2D eigenvalue weighted by Gasteiger charge is -2.20. The lowest BCUT2D eigenvalue weighted by Crippen LogP contribution is -2.07. The second-order valence-corrected chi connectivity index (χ2v) is 7.62. The number of fused-ring (bicyclic) bond motifs is 2. The van der Waals surface area contributed by atoms with E-state index < -0.39 is 0 Å². The van der Waals surface area contributed by atoms with Gasteiger partial charge in [0.1, 0.15) is 39.7 Å². The quantitative estimate of drug-likeness (QED) is 0.418. The normalized spacial score (nSPS) is 12.8. The van der Waals surface area contributed by atoms with E-state index in [1.54, 1.807) is 19.1 Å². The maximum absolute atomic E-state index is 12.3. The third-order valence-electron chi connectivity index (χ3n) is 5.10. The summed E-state index contributed by atoms with van der Waals surface area (Å²) in [6, 6.07) is 12.7. The topological polar surface area (TPSA) is 57.9 Å². The van der Waals surface area contributed by atoms with Crippen LogP contribution in [0.25, 0.3) is 16.5 Å². The number of hydrogen-bond donors (Lipinski definition) is 0. The van der Waals surface area contributed by atoms with Crippen molar-refractivity contribution in [3.63, 3.8) is 0 Å². The van der Waals surface area contributed by atoms with Crippen LogP contribution in [0.4, 0.5) is 0 Å². The van der Waals surface area contributed by atoms with Gasteiger partial charge in [-0.2, -0.15) is 0 Å². The molecule has 0 aliphatic carbocycles. The zero-order valence-corrected chi connectivity index (χ0v) is 17.9. The summed E-state index contributed by atoms with van der Waals surface area (Å²) >= 11 is 0. The number of benzene rings is 2. The molecule has 5 heteroatoms. The van der Waals surface area contributed by atoms with Crippen molar-refractivity contribution < 1.29 is 18.6 Å². The first-order chi connectivity index (χ1) is 15.0. The van der Waals surface area contributed by atoms with Gasteiger partial charge in [-0.3, -0.25) is 4.79 Å². The van der Waals surface area contributed by atoms with Crippen molar-refractivity contribution in [1.29, 1.82) is 0 Å². The van der Waals surface area contributed by atoms with Crippen LogP contribution in [0.5, 0.6) is 17.2 Å². The first-order valence-corrected chi connectivity index (χ1v) is 10.5. The van der Waals surface area contributed by atoms with E-state index in [1.165, 1.54) is 6.07 Å². The Balaban J connectivity index is 1.26. The summed E-state index contributed by atoms with van der Waals surface area (Å²) in [4.78, 5) is 12.3. The van der Waals surface area contributed by atoms with E-state index in [0.717, 1.165) is 47.7 Å². The molecule has 0 saturated heterocycles. The van der Waals surface area contributed by atoms with Crippen LogP contribution in [-0.2, 0) is 0 Å². The summed E-state index contributed by atoms with van der Waals surface area (Å²) in [5.41, 5.74) is 2.29. The van der Waals surface area contributed by atoms with Crippen LogP contribution in [-0.4, -0.2) is 13.2 Å². The molecule has 160 valence electrons. The van der Waals surface area contributed by atoms with Gasteiger partial charge in [-0.05, 0) is 69.0 Å². The van der Waals surface area contributed by atoms with Crippen molar-refractivity contribution in [2.45, 2.75) is 33.1 Å². The fourth-order valence-corrected chi connectivity index (χ4v) is 3.72. The number of ether oxygens (including phenoxy) is 3. The minimum atomic E-state index is -0.0791. The number of allylic oxidation sites excluding steroid dienone is 3. The van der Waals surface area contributed by atoms with E-state index >= 15 is 0 Å². The first-order valence-electron chi connectivity index (χ1n) is 10.5. The predicted molar refractivity (Wildman–Crippen MR) is 122 cm³/mol. The van der Waals surface area contributed by atoms with Crippen molar-refractivity contribution in [2.75, 3.05) is 13.2 Å². The molecular formula is C26H26O5. The van der Waals surface area contributed by atoms with E-state index in [4.69, 9.17) is 18.6 Å². The van der Waals surface area contributed by atoms with E-state index in [2.05, 4.69) is 6.58 Å². The lowest BCUT2D eigenvalue weighted by atomic mass is 10.0. The van der Waals surface area contributed by atoms with Gasteiger partial charge in [-0.25, -0.2) is 0 Å². The number of aryl methyl sites for hydroxylation is 1. The average molecular weight is 418 g/mol. The molecule has 1 aliphatic heterocycles. The van der Waals surface area contributed by atoms with Crippen LogP contribution in [0.2, 0.25) is 0 Å². The molecule has 2 heterocycles. The summed E-state index contributed by atoms with van der Waals surface area (Å²) < 4.78 is 23.2. The van der Waals surface area contributed by atoms with E-state index in [9.17, 15) is 4.79 Å². The highest BCUT2D eigenvalue weighted by atomic mass is 16.5. The monoisotopic (exact) mass is 418 g/mol. The first kappa shape index (κ1) is 20.8. The van der Waals surface area contributed by atoms with E-state index in [1.807, 2.05) is 37.3 Å². The predicted octanol–water partition coefficient (Wildman–Crippen LogP) is 6.04. The van der Waals surface area contributed by atoms with Gasteiger partial charge in [-0.1, -0.05) is 18.7 Å². The minimum absolute atomic E-state index is 0.0791. The molecule has 31 heavy (non-hydrogen) atoms. The maximum Gasteiger partial charge on any atom is 0.196 e. The standard InChI is InChI=1S/C26H26O5/c1-17-15-18(2)30-23-11-7-9-21(25(17)23)28-13-5-4-6-14-29-22-10-8-12-24-26(22)20(27)16-19(3)31-24/h7-12,15-16H,1,4-6,13-14H2,2-3H3. The fourth-order valence-electron chi connectivity index (χ4n) is 3.72. The summed E-state index contributed by atoms with van der Waals surface area (Å²) in [5, 5.41) is 0.497. The van der Waals surface area contributed by atoms with Crippen molar-refractivity contribution in [2.24, 2.45) is 0 Å². The molecule has 2 aromatic carbocycles. The van der Waals surface area contributed by atoms with Crippen molar-refractivity contribution in [1.82, 2.24) is 0 Å². The summed E-state index contributed by atoms with van der Waals surface area (Å²) in [6.45, 7) is 8.92. The second-order valence-electron chi connectivity index (χ2n) is 7.62. The third-order valence-corrected chi connectivity index (χ3v) is 5.10. The Bertz CT molecular complexity index is 1200. The molecule has 0 spiro atoms. The number of hydrogen-bond acceptors (Lipinski definition) is 5. The maximum atomic E-state index is 12.3. The van der Waals surface area contributed by atoms with Crippen molar-refractivity contribution >= 4 is 16.5 Å². The lowest BCUT2D eigenvalue weighted by molar-refractivity contribution is 0.279. The van der Waals surface area contributed by atoms with Gasteiger partial charge >= 0.3 is 0 Å². The molecular weight excluding hydrogens is 392 g/mol.